The van der Waals surface area contributed by atoms with Crippen LogP contribution in [0.15, 0.2) is 16.9 Å². The summed E-state index contributed by atoms with van der Waals surface area (Å²) < 4.78 is 4.88. The van der Waals surface area contributed by atoms with Crippen molar-refractivity contribution < 1.29 is 14.6 Å². The van der Waals surface area contributed by atoms with Crippen LogP contribution in [0.2, 0.25) is 0 Å². The maximum Gasteiger partial charge on any atom is 0.308 e. The van der Waals surface area contributed by atoms with Gasteiger partial charge in [0, 0.05) is 17.3 Å². The minimum atomic E-state index is -1.09. The molecule has 2 aromatic heterocycles. The van der Waals surface area contributed by atoms with Crippen LogP contribution >= 0.6 is 0 Å². The molecule has 0 aliphatic carbocycles. The molecule has 104 valence electrons. The number of carboxylic acid groups (broad SMARTS) is 1. The van der Waals surface area contributed by atoms with Gasteiger partial charge in [0.05, 0.1) is 13.5 Å². The minimum Gasteiger partial charge on any atom is -0.481 e. The lowest BCUT2D eigenvalue weighted by Gasteiger charge is -2.05. The SMILES string of the molecule is COc1ccc(-c2nc(C)c(CC(=O)O)c(=O)[nH]2)nn1. The van der Waals surface area contributed by atoms with Gasteiger partial charge in [-0.1, -0.05) is 0 Å². The van der Waals surface area contributed by atoms with Crippen LogP contribution in [-0.4, -0.2) is 38.4 Å². The van der Waals surface area contributed by atoms with Gasteiger partial charge in [-0.05, 0) is 13.0 Å². The number of nitrogens with one attached hydrogen (secondary N) is 1. The van der Waals surface area contributed by atoms with Crippen LogP contribution < -0.4 is 10.3 Å². The van der Waals surface area contributed by atoms with E-state index in [1.54, 1.807) is 19.1 Å². The van der Waals surface area contributed by atoms with Gasteiger partial charge >= 0.3 is 5.97 Å². The van der Waals surface area contributed by atoms with E-state index in [-0.39, 0.29) is 17.8 Å². The number of ether oxygens (including phenoxy) is 1. The Bertz CT molecular complexity index is 694. The normalized spacial score (nSPS) is 10.3. The highest BCUT2D eigenvalue weighted by atomic mass is 16.5. The summed E-state index contributed by atoms with van der Waals surface area (Å²) in [6, 6.07) is 3.18. The van der Waals surface area contributed by atoms with Gasteiger partial charge < -0.3 is 14.8 Å². The number of nitrogens with zero attached hydrogens (tertiary/aromatic N) is 3. The van der Waals surface area contributed by atoms with E-state index in [1.807, 2.05) is 0 Å². The standard InChI is InChI=1S/C12H12N4O4/c1-6-7(5-10(17)18)12(19)14-11(13-6)8-3-4-9(20-2)16-15-8/h3-4H,5H2,1-2H3,(H,17,18)(H,13,14,19). The molecule has 0 radical (unpaired) electrons. The Morgan fingerprint density at radius 1 is 1.40 bits per heavy atom. The lowest BCUT2D eigenvalue weighted by Crippen LogP contribution is -2.20. The highest BCUT2D eigenvalue weighted by Gasteiger charge is 2.13. The number of carbonyl (C=O) groups is 1. The number of aliphatic carboxylic acids is 1. The predicted octanol–water partition coefficient (Wildman–Crippen LogP) is 0.171. The fourth-order valence-corrected chi connectivity index (χ4v) is 1.65. The Hall–Kier alpha value is -2.77. The first-order valence-corrected chi connectivity index (χ1v) is 5.71. The fraction of sp³-hybridized carbons (Fsp3) is 0.250. The summed E-state index contributed by atoms with van der Waals surface area (Å²) in [5, 5.41) is 16.4. The number of aromatic amines is 1. The van der Waals surface area contributed by atoms with Crippen LogP contribution in [0.25, 0.3) is 11.5 Å². The third-order valence-corrected chi connectivity index (χ3v) is 2.64. The summed E-state index contributed by atoms with van der Waals surface area (Å²) in [4.78, 5) is 29.2. The van der Waals surface area contributed by atoms with Crippen molar-refractivity contribution in [2.45, 2.75) is 13.3 Å². The zero-order valence-electron chi connectivity index (χ0n) is 10.9. The molecule has 0 amide bonds. The van der Waals surface area contributed by atoms with Gasteiger partial charge in [-0.15, -0.1) is 10.2 Å². The van der Waals surface area contributed by atoms with Gasteiger partial charge in [0.1, 0.15) is 5.69 Å². The van der Waals surface area contributed by atoms with Crippen LogP contribution in [-0.2, 0) is 11.2 Å². The molecule has 0 spiro atoms. The Morgan fingerprint density at radius 2 is 2.15 bits per heavy atom. The minimum absolute atomic E-state index is 0.128. The van der Waals surface area contributed by atoms with Crippen LogP contribution in [0.3, 0.4) is 0 Å². The molecule has 0 atom stereocenters. The van der Waals surface area contributed by atoms with E-state index in [0.29, 0.717) is 17.3 Å². The summed E-state index contributed by atoms with van der Waals surface area (Å²) >= 11 is 0. The summed E-state index contributed by atoms with van der Waals surface area (Å²) in [5.74, 6) is -0.510. The van der Waals surface area contributed by atoms with Crippen LogP contribution in [0.5, 0.6) is 5.88 Å². The maximum absolute atomic E-state index is 11.9. The van der Waals surface area contributed by atoms with Gasteiger partial charge in [-0.25, -0.2) is 4.98 Å². The average molecular weight is 276 g/mol. The summed E-state index contributed by atoms with van der Waals surface area (Å²) in [5.41, 5.74) is 0.354. The lowest BCUT2D eigenvalue weighted by molar-refractivity contribution is -0.136. The maximum atomic E-state index is 11.9. The fourth-order valence-electron chi connectivity index (χ4n) is 1.65. The van der Waals surface area contributed by atoms with E-state index in [2.05, 4.69) is 20.2 Å². The first-order chi connectivity index (χ1) is 9.51. The molecule has 2 heterocycles. The molecule has 0 saturated heterocycles. The number of carboxylic acids is 1. The Morgan fingerprint density at radius 3 is 2.65 bits per heavy atom. The van der Waals surface area contributed by atoms with E-state index in [9.17, 15) is 9.59 Å². The second-order valence-electron chi connectivity index (χ2n) is 4.01. The van der Waals surface area contributed by atoms with E-state index in [1.165, 1.54) is 7.11 Å². The van der Waals surface area contributed by atoms with E-state index < -0.39 is 11.5 Å². The molecule has 2 rings (SSSR count). The molecule has 8 nitrogen and oxygen atoms in total. The Balaban J connectivity index is 2.43. The van der Waals surface area contributed by atoms with Crippen LogP contribution in [0, 0.1) is 6.92 Å². The highest BCUT2D eigenvalue weighted by Crippen LogP contribution is 2.13. The molecule has 0 unspecified atom stereocenters. The molecule has 0 fully saturated rings. The van der Waals surface area contributed by atoms with Gasteiger partial charge in [0.2, 0.25) is 5.88 Å². The van der Waals surface area contributed by atoms with Crippen LogP contribution in [0.4, 0.5) is 0 Å². The molecular formula is C12H12N4O4. The van der Waals surface area contributed by atoms with Crippen molar-refractivity contribution in [3.63, 3.8) is 0 Å². The van der Waals surface area contributed by atoms with Gasteiger partial charge in [-0.3, -0.25) is 9.59 Å². The molecular weight excluding hydrogens is 264 g/mol. The Kier molecular flexibility index (Phi) is 3.74. The molecule has 2 N–H and O–H groups in total. The molecule has 0 aromatic carbocycles. The van der Waals surface area contributed by atoms with Crippen molar-refractivity contribution >= 4 is 5.97 Å². The molecule has 0 aliphatic rings. The van der Waals surface area contributed by atoms with E-state index in [0.717, 1.165) is 0 Å². The number of aromatic nitrogens is 4. The number of aryl methyl sites for hydroxylation is 1. The van der Waals surface area contributed by atoms with Gasteiger partial charge in [-0.2, -0.15) is 0 Å². The molecule has 8 heteroatoms. The third kappa shape index (κ3) is 2.79. The average Bonchev–Trinajstić information content (AvgIpc) is 2.42. The van der Waals surface area contributed by atoms with Crippen molar-refractivity contribution in [3.8, 4) is 17.4 Å². The zero-order valence-corrected chi connectivity index (χ0v) is 10.9. The van der Waals surface area contributed by atoms with Crippen molar-refractivity contribution in [2.75, 3.05) is 7.11 Å². The third-order valence-electron chi connectivity index (χ3n) is 2.64. The van der Waals surface area contributed by atoms with Crippen molar-refractivity contribution in [3.05, 3.63) is 33.7 Å². The van der Waals surface area contributed by atoms with Crippen molar-refractivity contribution in [1.82, 2.24) is 20.2 Å². The van der Waals surface area contributed by atoms with E-state index >= 15 is 0 Å². The summed E-state index contributed by atoms with van der Waals surface area (Å²) in [7, 11) is 1.47. The summed E-state index contributed by atoms with van der Waals surface area (Å²) in [6.45, 7) is 1.58. The topological polar surface area (TPSA) is 118 Å². The quantitative estimate of drug-likeness (QED) is 0.817. The van der Waals surface area contributed by atoms with Crippen molar-refractivity contribution in [1.29, 1.82) is 0 Å². The largest absolute Gasteiger partial charge is 0.481 e. The molecule has 2 aromatic rings. The van der Waals surface area contributed by atoms with Crippen molar-refractivity contribution in [2.24, 2.45) is 0 Å². The Labute approximate surface area is 113 Å². The first-order valence-electron chi connectivity index (χ1n) is 5.71. The number of rotatable bonds is 4. The second kappa shape index (κ2) is 5.47. The second-order valence-corrected chi connectivity index (χ2v) is 4.01. The molecule has 0 saturated carbocycles. The highest BCUT2D eigenvalue weighted by molar-refractivity contribution is 5.70. The van der Waals surface area contributed by atoms with E-state index in [4.69, 9.17) is 9.84 Å². The number of methoxy groups -OCH3 is 1. The number of hydrogen-bond donors (Lipinski definition) is 2. The number of H-pyrrole nitrogens is 1. The molecule has 0 aliphatic heterocycles. The lowest BCUT2D eigenvalue weighted by atomic mass is 10.1. The monoisotopic (exact) mass is 276 g/mol. The smallest absolute Gasteiger partial charge is 0.308 e. The number of hydrogen-bond acceptors (Lipinski definition) is 6. The molecule has 0 bridgehead atoms. The zero-order chi connectivity index (χ0) is 14.7. The van der Waals surface area contributed by atoms with Crippen LogP contribution in [0.1, 0.15) is 11.3 Å². The van der Waals surface area contributed by atoms with Gasteiger partial charge in [0.15, 0.2) is 5.82 Å². The predicted molar refractivity (Wildman–Crippen MR) is 68.5 cm³/mol. The summed E-state index contributed by atoms with van der Waals surface area (Å²) in [6.07, 6.45) is -0.372. The first kappa shape index (κ1) is 13.7. The molecule has 20 heavy (non-hydrogen) atoms. The van der Waals surface area contributed by atoms with Gasteiger partial charge in [0.25, 0.3) is 5.56 Å².